The maximum absolute atomic E-state index is 12.8. The lowest BCUT2D eigenvalue weighted by Crippen LogP contribution is -2.37. The van der Waals surface area contributed by atoms with Crippen LogP contribution >= 0.6 is 11.6 Å². The maximum atomic E-state index is 12.8. The molecule has 2 fully saturated rings. The van der Waals surface area contributed by atoms with Gasteiger partial charge in [-0.1, -0.05) is 11.6 Å². The van der Waals surface area contributed by atoms with Gasteiger partial charge >= 0.3 is 12.0 Å². The molecular formula is C24H22ClN9O4. The Bertz CT molecular complexity index is 1540. The van der Waals surface area contributed by atoms with Gasteiger partial charge in [-0.05, 0) is 44.0 Å². The number of imide groups is 1. The number of anilines is 3. The first-order valence-corrected chi connectivity index (χ1v) is 12.0. The molecule has 13 nitrogen and oxygen atoms in total. The number of nitrogens with zero attached hydrogens (tertiary/aromatic N) is 5. The van der Waals surface area contributed by atoms with Gasteiger partial charge in [0.15, 0.2) is 12.4 Å². The number of urea groups is 1. The number of nitriles is 1. The van der Waals surface area contributed by atoms with Crippen molar-refractivity contribution < 1.29 is 19.1 Å². The molecule has 1 saturated carbocycles. The van der Waals surface area contributed by atoms with E-state index in [1.807, 2.05) is 6.07 Å². The third kappa shape index (κ3) is 5.08. The lowest BCUT2D eigenvalue weighted by Gasteiger charge is -2.13. The molecule has 5 N–H and O–H groups in total. The zero-order valence-corrected chi connectivity index (χ0v) is 20.8. The summed E-state index contributed by atoms with van der Waals surface area (Å²) in [6, 6.07) is 7.36. The van der Waals surface area contributed by atoms with Crippen LogP contribution in [0.5, 0.6) is 0 Å². The number of fused-ring (bicyclic) bond motifs is 1. The summed E-state index contributed by atoms with van der Waals surface area (Å²) in [7, 11) is 0. The van der Waals surface area contributed by atoms with Crippen LogP contribution in [0.15, 0.2) is 36.2 Å². The fourth-order valence-electron chi connectivity index (χ4n) is 3.61. The quantitative estimate of drug-likeness (QED) is 0.190. The fourth-order valence-corrected chi connectivity index (χ4v) is 3.84. The first-order chi connectivity index (χ1) is 18.2. The molecule has 2 aromatic heterocycles. The Labute approximate surface area is 221 Å². The molecule has 1 aromatic carbocycles. The lowest BCUT2D eigenvalue weighted by atomic mass is 10.2. The standard InChI is InChI=1S/C24H22ClN9O4/c1-12(27)23(36)38-11-33-22(35)18(31-24(33)37)7-14-10-28-34-20(29-15-3-4-15)8-19(32-21(14)34)30-17-5-2-13(9-26)6-16(17)25/h2,5-8,10,12,15,29H,3-4,11,27H2,1H3,(H,30,32)(H,31,37)/b18-7-. The number of aromatic nitrogens is 3. The number of carbonyl (C=O) groups excluding carboxylic acids is 3. The summed E-state index contributed by atoms with van der Waals surface area (Å²) in [6.07, 6.45) is 5.01. The van der Waals surface area contributed by atoms with Gasteiger partial charge in [0, 0.05) is 17.7 Å². The zero-order valence-electron chi connectivity index (χ0n) is 20.1. The average molecular weight is 536 g/mol. The molecule has 0 bridgehead atoms. The van der Waals surface area contributed by atoms with Crippen molar-refractivity contribution in [2.75, 3.05) is 17.4 Å². The van der Waals surface area contributed by atoms with Crippen LogP contribution < -0.4 is 21.7 Å². The maximum Gasteiger partial charge on any atom is 0.331 e. The van der Waals surface area contributed by atoms with Crippen molar-refractivity contribution in [3.8, 4) is 6.07 Å². The van der Waals surface area contributed by atoms with Gasteiger partial charge in [-0.2, -0.15) is 14.9 Å². The van der Waals surface area contributed by atoms with Crippen molar-refractivity contribution in [2.24, 2.45) is 5.73 Å². The molecule has 1 unspecified atom stereocenters. The first kappa shape index (κ1) is 25.0. The topological polar surface area (TPSA) is 180 Å². The van der Waals surface area contributed by atoms with Crippen LogP contribution in [0, 0.1) is 11.3 Å². The summed E-state index contributed by atoms with van der Waals surface area (Å²) in [6.45, 7) is 0.868. The summed E-state index contributed by atoms with van der Waals surface area (Å²) < 4.78 is 6.51. The van der Waals surface area contributed by atoms with E-state index in [1.54, 1.807) is 28.8 Å². The molecule has 3 aromatic rings. The highest BCUT2D eigenvalue weighted by Gasteiger charge is 2.35. The molecule has 38 heavy (non-hydrogen) atoms. The van der Waals surface area contributed by atoms with Gasteiger partial charge in [-0.15, -0.1) is 0 Å². The van der Waals surface area contributed by atoms with Crippen LogP contribution in [-0.2, 0) is 14.3 Å². The predicted octanol–water partition coefficient (Wildman–Crippen LogP) is 2.31. The van der Waals surface area contributed by atoms with Crippen LogP contribution in [-0.4, -0.2) is 56.2 Å². The Kier molecular flexibility index (Phi) is 6.58. The minimum atomic E-state index is -0.893. The number of amides is 3. The highest BCUT2D eigenvalue weighted by Crippen LogP contribution is 2.30. The number of nitrogens with one attached hydrogen (secondary N) is 3. The second-order valence-corrected chi connectivity index (χ2v) is 9.22. The van der Waals surface area contributed by atoms with Gasteiger partial charge in [0.1, 0.15) is 23.4 Å². The number of esters is 1. The van der Waals surface area contributed by atoms with Gasteiger partial charge in [0.25, 0.3) is 5.91 Å². The molecule has 2 aliphatic rings. The molecular weight excluding hydrogens is 514 g/mol. The third-order valence-corrected chi connectivity index (χ3v) is 6.07. The zero-order chi connectivity index (χ0) is 27.0. The molecule has 0 radical (unpaired) electrons. The molecule has 3 heterocycles. The highest BCUT2D eigenvalue weighted by molar-refractivity contribution is 6.33. The van der Waals surface area contributed by atoms with E-state index in [2.05, 4.69) is 26.0 Å². The molecule has 1 saturated heterocycles. The molecule has 1 atom stereocenters. The minimum Gasteiger partial charge on any atom is -0.442 e. The average Bonchev–Trinajstić information content (AvgIpc) is 3.55. The molecule has 1 aliphatic carbocycles. The molecule has 1 aliphatic heterocycles. The Hall–Kier alpha value is -4.67. The normalized spacial score (nSPS) is 16.9. The Morgan fingerprint density at radius 1 is 1.39 bits per heavy atom. The molecule has 5 rings (SSSR count). The Morgan fingerprint density at radius 3 is 2.87 bits per heavy atom. The summed E-state index contributed by atoms with van der Waals surface area (Å²) in [4.78, 5) is 42.2. The van der Waals surface area contributed by atoms with Crippen LogP contribution in [0.1, 0.15) is 30.9 Å². The summed E-state index contributed by atoms with van der Waals surface area (Å²) in [5.74, 6) is -0.311. The van der Waals surface area contributed by atoms with E-state index in [4.69, 9.17) is 27.3 Å². The van der Waals surface area contributed by atoms with Crippen molar-refractivity contribution in [1.82, 2.24) is 24.8 Å². The second kappa shape index (κ2) is 10.0. The largest absolute Gasteiger partial charge is 0.442 e. The first-order valence-electron chi connectivity index (χ1n) is 11.6. The molecule has 14 heteroatoms. The van der Waals surface area contributed by atoms with Crippen molar-refractivity contribution in [3.05, 3.63) is 52.3 Å². The number of carbonyl (C=O) groups is 3. The van der Waals surface area contributed by atoms with E-state index in [1.165, 1.54) is 19.2 Å². The van der Waals surface area contributed by atoms with Gasteiger partial charge in [0.2, 0.25) is 0 Å². The van der Waals surface area contributed by atoms with E-state index in [0.717, 1.165) is 17.7 Å². The number of hydrogen-bond acceptors (Lipinski definition) is 10. The smallest absolute Gasteiger partial charge is 0.331 e. The number of ether oxygens (including phenoxy) is 1. The van der Waals surface area contributed by atoms with Crippen molar-refractivity contribution >= 4 is 58.6 Å². The molecule has 194 valence electrons. The van der Waals surface area contributed by atoms with Gasteiger partial charge in [0.05, 0.1) is 28.5 Å². The summed E-state index contributed by atoms with van der Waals surface area (Å²) in [5.41, 5.74) is 7.25. The van der Waals surface area contributed by atoms with Crippen molar-refractivity contribution in [3.63, 3.8) is 0 Å². The van der Waals surface area contributed by atoms with Gasteiger partial charge in [-0.25, -0.2) is 14.7 Å². The molecule has 0 spiro atoms. The third-order valence-electron chi connectivity index (χ3n) is 5.76. The van der Waals surface area contributed by atoms with Crippen LogP contribution in [0.4, 0.5) is 22.1 Å². The predicted molar refractivity (Wildman–Crippen MR) is 137 cm³/mol. The SMILES string of the molecule is CC(N)C(=O)OCN1C(=O)N/C(=C\c2cnn3c(NC4CC4)cc(Nc4ccc(C#N)cc4Cl)nc23)C1=O. The van der Waals surface area contributed by atoms with E-state index in [0.29, 0.717) is 45.2 Å². The van der Waals surface area contributed by atoms with Gasteiger partial charge in [-0.3, -0.25) is 9.59 Å². The molecule has 3 amide bonds. The number of hydrogen-bond donors (Lipinski definition) is 4. The monoisotopic (exact) mass is 535 g/mol. The van der Waals surface area contributed by atoms with Gasteiger partial charge < -0.3 is 26.4 Å². The summed E-state index contributed by atoms with van der Waals surface area (Å²) in [5, 5.41) is 22.9. The summed E-state index contributed by atoms with van der Waals surface area (Å²) >= 11 is 6.34. The van der Waals surface area contributed by atoms with Crippen molar-refractivity contribution in [2.45, 2.75) is 31.8 Å². The van der Waals surface area contributed by atoms with E-state index >= 15 is 0 Å². The van der Waals surface area contributed by atoms with Crippen LogP contribution in [0.25, 0.3) is 11.7 Å². The Morgan fingerprint density at radius 2 is 2.18 bits per heavy atom. The highest BCUT2D eigenvalue weighted by atomic mass is 35.5. The van der Waals surface area contributed by atoms with Crippen molar-refractivity contribution in [1.29, 1.82) is 5.26 Å². The van der Waals surface area contributed by atoms with E-state index in [9.17, 15) is 14.4 Å². The number of rotatable bonds is 8. The van der Waals surface area contributed by atoms with Crippen LogP contribution in [0.3, 0.4) is 0 Å². The fraction of sp³-hybridized carbons (Fsp3) is 0.250. The Balaban J connectivity index is 1.46. The number of nitrogens with two attached hydrogens (primary N) is 1. The van der Waals surface area contributed by atoms with Crippen LogP contribution in [0.2, 0.25) is 5.02 Å². The lowest BCUT2D eigenvalue weighted by molar-refractivity contribution is -0.149. The van der Waals surface area contributed by atoms with E-state index < -0.39 is 30.7 Å². The number of halogens is 1. The van der Waals surface area contributed by atoms with E-state index in [-0.39, 0.29) is 5.70 Å². The second-order valence-electron chi connectivity index (χ2n) is 8.81. The minimum absolute atomic E-state index is 0.0336. The number of benzene rings is 1.